The summed E-state index contributed by atoms with van der Waals surface area (Å²) in [5.41, 5.74) is 0.859. The Bertz CT molecular complexity index is 1150. The SMILES string of the molecule is O=c1oc2ccc(Cl)cc2cc1-c1nc(-c2ccc(B(O)O)cc2)no1. The zero-order valence-electron chi connectivity index (χ0n) is 13.1. The van der Waals surface area contributed by atoms with Gasteiger partial charge in [-0.15, -0.1) is 0 Å². The Morgan fingerprint density at radius 1 is 1.04 bits per heavy atom. The molecule has 0 saturated heterocycles. The fourth-order valence-electron chi connectivity index (χ4n) is 2.50. The third-order valence-electron chi connectivity index (χ3n) is 3.82. The number of halogens is 1. The monoisotopic (exact) mass is 368 g/mol. The van der Waals surface area contributed by atoms with Gasteiger partial charge in [0.1, 0.15) is 11.1 Å². The number of aromatic nitrogens is 2. The highest BCUT2D eigenvalue weighted by molar-refractivity contribution is 6.58. The van der Waals surface area contributed by atoms with Crippen LogP contribution in [0.5, 0.6) is 0 Å². The van der Waals surface area contributed by atoms with Crippen LogP contribution in [0.2, 0.25) is 5.02 Å². The van der Waals surface area contributed by atoms with Gasteiger partial charge in [-0.3, -0.25) is 0 Å². The molecule has 9 heteroatoms. The van der Waals surface area contributed by atoms with E-state index in [1.54, 1.807) is 36.4 Å². The first kappa shape index (κ1) is 16.5. The first-order valence-corrected chi connectivity index (χ1v) is 7.93. The summed E-state index contributed by atoms with van der Waals surface area (Å²) >= 11 is 5.97. The molecule has 4 rings (SSSR count). The van der Waals surface area contributed by atoms with Gasteiger partial charge < -0.3 is 19.0 Å². The first-order chi connectivity index (χ1) is 12.5. The maximum Gasteiger partial charge on any atom is 0.488 e. The Balaban J connectivity index is 1.75. The molecule has 2 aromatic carbocycles. The molecular weight excluding hydrogens is 358 g/mol. The second-order valence-electron chi connectivity index (χ2n) is 5.55. The quantitative estimate of drug-likeness (QED) is 0.419. The maximum atomic E-state index is 12.2. The molecule has 0 unspecified atom stereocenters. The fraction of sp³-hybridized carbons (Fsp3) is 0. The minimum atomic E-state index is -1.56. The lowest BCUT2D eigenvalue weighted by Gasteiger charge is -1.99. The number of fused-ring (bicyclic) bond motifs is 1. The molecule has 128 valence electrons. The van der Waals surface area contributed by atoms with Crippen LogP contribution in [0.15, 0.2) is 62.3 Å². The van der Waals surface area contributed by atoms with Crippen molar-refractivity contribution < 1.29 is 19.0 Å². The molecule has 0 spiro atoms. The molecule has 2 aromatic heterocycles. The van der Waals surface area contributed by atoms with Gasteiger partial charge >= 0.3 is 12.7 Å². The van der Waals surface area contributed by atoms with Crippen LogP contribution in [0.3, 0.4) is 0 Å². The smallest absolute Gasteiger partial charge is 0.423 e. The lowest BCUT2D eigenvalue weighted by Crippen LogP contribution is -2.29. The Morgan fingerprint density at radius 3 is 2.54 bits per heavy atom. The highest BCUT2D eigenvalue weighted by atomic mass is 35.5. The van der Waals surface area contributed by atoms with Gasteiger partial charge in [0, 0.05) is 16.0 Å². The van der Waals surface area contributed by atoms with Gasteiger partial charge in [-0.1, -0.05) is 41.0 Å². The molecule has 0 aliphatic carbocycles. The van der Waals surface area contributed by atoms with E-state index in [-0.39, 0.29) is 17.3 Å². The summed E-state index contributed by atoms with van der Waals surface area (Å²) in [7, 11) is -1.56. The van der Waals surface area contributed by atoms with Crippen LogP contribution < -0.4 is 11.1 Å². The zero-order chi connectivity index (χ0) is 18.3. The molecule has 7 nitrogen and oxygen atoms in total. The van der Waals surface area contributed by atoms with E-state index in [1.807, 2.05) is 0 Å². The Hall–Kier alpha value is -2.94. The molecule has 4 aromatic rings. The summed E-state index contributed by atoms with van der Waals surface area (Å²) in [6.07, 6.45) is 0. The van der Waals surface area contributed by atoms with E-state index in [9.17, 15) is 4.79 Å². The molecule has 0 saturated carbocycles. The molecule has 0 amide bonds. The van der Waals surface area contributed by atoms with Crippen LogP contribution in [-0.2, 0) is 0 Å². The summed E-state index contributed by atoms with van der Waals surface area (Å²) in [5, 5.41) is 23.3. The van der Waals surface area contributed by atoms with Gasteiger partial charge in [-0.05, 0) is 29.7 Å². The molecule has 2 N–H and O–H groups in total. The second-order valence-corrected chi connectivity index (χ2v) is 5.98. The van der Waals surface area contributed by atoms with Crippen molar-refractivity contribution >= 4 is 35.2 Å². The summed E-state index contributed by atoms with van der Waals surface area (Å²) in [4.78, 5) is 16.4. The Morgan fingerprint density at radius 2 is 1.81 bits per heavy atom. The molecule has 0 aliphatic heterocycles. The maximum absolute atomic E-state index is 12.2. The average molecular weight is 369 g/mol. The fourth-order valence-corrected chi connectivity index (χ4v) is 2.68. The third kappa shape index (κ3) is 3.01. The van der Waals surface area contributed by atoms with E-state index in [0.717, 1.165) is 0 Å². The summed E-state index contributed by atoms with van der Waals surface area (Å²) in [6, 6.07) is 12.8. The van der Waals surface area contributed by atoms with Crippen LogP contribution in [0.4, 0.5) is 0 Å². The third-order valence-corrected chi connectivity index (χ3v) is 4.05. The van der Waals surface area contributed by atoms with Crippen LogP contribution in [0.25, 0.3) is 33.8 Å². The van der Waals surface area contributed by atoms with Crippen molar-refractivity contribution in [2.45, 2.75) is 0 Å². The zero-order valence-corrected chi connectivity index (χ0v) is 13.8. The summed E-state index contributed by atoms with van der Waals surface area (Å²) < 4.78 is 10.5. The van der Waals surface area contributed by atoms with Crippen molar-refractivity contribution in [1.29, 1.82) is 0 Å². The minimum Gasteiger partial charge on any atom is -0.423 e. The Kier molecular flexibility index (Phi) is 4.08. The predicted octanol–water partition coefficient (Wildman–Crippen LogP) is 1.84. The average Bonchev–Trinajstić information content (AvgIpc) is 3.11. The number of benzene rings is 2. The summed E-state index contributed by atoms with van der Waals surface area (Å²) in [6.45, 7) is 0. The number of rotatable bonds is 3. The van der Waals surface area contributed by atoms with Crippen LogP contribution >= 0.6 is 11.6 Å². The second kappa shape index (κ2) is 6.42. The highest BCUT2D eigenvalue weighted by Crippen LogP contribution is 2.24. The molecule has 2 heterocycles. The normalized spacial score (nSPS) is 11.0. The van der Waals surface area contributed by atoms with Gasteiger partial charge in [0.25, 0.3) is 5.89 Å². The number of hydrogen-bond donors (Lipinski definition) is 2. The predicted molar refractivity (Wildman–Crippen MR) is 96.0 cm³/mol. The number of hydrogen-bond acceptors (Lipinski definition) is 7. The van der Waals surface area contributed by atoms with Crippen molar-refractivity contribution in [3.8, 4) is 22.8 Å². The van der Waals surface area contributed by atoms with E-state index >= 15 is 0 Å². The molecule has 0 aliphatic rings. The van der Waals surface area contributed by atoms with Gasteiger partial charge in [-0.2, -0.15) is 4.98 Å². The molecule has 0 fully saturated rings. The topological polar surface area (TPSA) is 110 Å². The summed E-state index contributed by atoms with van der Waals surface area (Å²) in [5.74, 6) is 0.270. The van der Waals surface area contributed by atoms with E-state index < -0.39 is 12.7 Å². The van der Waals surface area contributed by atoms with E-state index in [0.29, 0.717) is 27.0 Å². The van der Waals surface area contributed by atoms with E-state index in [2.05, 4.69) is 10.1 Å². The van der Waals surface area contributed by atoms with Gasteiger partial charge in [-0.25, -0.2) is 4.79 Å². The van der Waals surface area contributed by atoms with Crippen LogP contribution in [0, 0.1) is 0 Å². The lowest BCUT2D eigenvalue weighted by molar-refractivity contribution is 0.426. The number of nitrogens with zero attached hydrogens (tertiary/aromatic N) is 2. The van der Waals surface area contributed by atoms with E-state index in [1.165, 1.54) is 12.1 Å². The van der Waals surface area contributed by atoms with Crippen molar-refractivity contribution in [3.63, 3.8) is 0 Å². The largest absolute Gasteiger partial charge is 0.488 e. The molecule has 0 radical (unpaired) electrons. The van der Waals surface area contributed by atoms with Crippen LogP contribution in [-0.4, -0.2) is 27.3 Å². The van der Waals surface area contributed by atoms with Gasteiger partial charge in [0.2, 0.25) is 5.82 Å². The first-order valence-electron chi connectivity index (χ1n) is 7.55. The molecular formula is C17H10BClN2O5. The Labute approximate surface area is 151 Å². The van der Waals surface area contributed by atoms with Crippen LogP contribution in [0.1, 0.15) is 0 Å². The van der Waals surface area contributed by atoms with Gasteiger partial charge in [0.05, 0.1) is 0 Å². The van der Waals surface area contributed by atoms with E-state index in [4.69, 9.17) is 30.6 Å². The van der Waals surface area contributed by atoms with Crippen molar-refractivity contribution in [2.24, 2.45) is 0 Å². The highest BCUT2D eigenvalue weighted by Gasteiger charge is 2.17. The van der Waals surface area contributed by atoms with Crippen molar-refractivity contribution in [3.05, 3.63) is 64.0 Å². The van der Waals surface area contributed by atoms with Crippen molar-refractivity contribution in [2.75, 3.05) is 0 Å². The molecule has 0 atom stereocenters. The molecule has 26 heavy (non-hydrogen) atoms. The minimum absolute atomic E-state index is 0.0156. The lowest BCUT2D eigenvalue weighted by atomic mass is 9.80. The van der Waals surface area contributed by atoms with Crippen molar-refractivity contribution in [1.82, 2.24) is 10.1 Å². The van der Waals surface area contributed by atoms with Gasteiger partial charge in [0.15, 0.2) is 0 Å². The molecule has 0 bridgehead atoms. The standard InChI is InChI=1S/C17H10BClN2O5/c19-12-5-6-14-10(7-12)8-13(17(22)25-14)16-20-15(21-26-16)9-1-3-11(4-2-9)18(23)24/h1-8,23-24H.